The topological polar surface area (TPSA) is 37.4 Å². The Morgan fingerprint density at radius 1 is 0.840 bits per heavy atom. The Labute approximate surface area is 152 Å². The first kappa shape index (κ1) is 17.5. The first-order chi connectivity index (χ1) is 12.0. The lowest BCUT2D eigenvalue weighted by atomic mass is 10.2. The molecule has 0 aliphatic heterocycles. The van der Waals surface area contributed by atoms with Crippen LogP contribution in [0.15, 0.2) is 75.8 Å². The Bertz CT molecular complexity index is 970. The van der Waals surface area contributed by atoms with Crippen LogP contribution in [0.25, 0.3) is 12.2 Å². The van der Waals surface area contributed by atoms with E-state index in [1.54, 1.807) is 30.3 Å². The monoisotopic (exact) mass is 369 g/mol. The van der Waals surface area contributed by atoms with Crippen LogP contribution in [-0.4, -0.2) is 22.5 Å². The molecule has 0 amide bonds. The lowest BCUT2D eigenvalue weighted by molar-refractivity contribution is 0.598. The zero-order chi connectivity index (χ0) is 17.9. The van der Waals surface area contributed by atoms with Gasteiger partial charge in [0.2, 0.25) is 9.84 Å². The normalized spacial score (nSPS) is 11.8. The second-order valence-electron chi connectivity index (χ2n) is 5.79. The molecule has 0 bridgehead atoms. The molecule has 0 N–H and O–H groups in total. The summed E-state index contributed by atoms with van der Waals surface area (Å²) in [6, 6.07) is 20.2. The van der Waals surface area contributed by atoms with Gasteiger partial charge in [0.25, 0.3) is 0 Å². The van der Waals surface area contributed by atoms with Crippen LogP contribution in [0.3, 0.4) is 0 Å². The van der Waals surface area contributed by atoms with Crippen molar-refractivity contribution in [1.29, 1.82) is 0 Å². The molecule has 0 unspecified atom stereocenters. The summed E-state index contributed by atoms with van der Waals surface area (Å²) in [7, 11) is 0.573. The van der Waals surface area contributed by atoms with E-state index < -0.39 is 9.84 Å². The quantitative estimate of drug-likeness (QED) is 0.647. The van der Waals surface area contributed by atoms with Crippen molar-refractivity contribution in [2.75, 3.05) is 19.0 Å². The largest absolute Gasteiger partial charge is 0.378 e. The van der Waals surface area contributed by atoms with E-state index in [0.29, 0.717) is 9.10 Å². The van der Waals surface area contributed by atoms with Crippen LogP contribution in [0.1, 0.15) is 10.4 Å². The van der Waals surface area contributed by atoms with Gasteiger partial charge < -0.3 is 4.90 Å². The van der Waals surface area contributed by atoms with Gasteiger partial charge in [0.1, 0.15) is 4.21 Å². The third-order valence-corrected chi connectivity index (χ3v) is 7.08. The van der Waals surface area contributed by atoms with Gasteiger partial charge in [0, 0.05) is 24.7 Å². The summed E-state index contributed by atoms with van der Waals surface area (Å²) in [4.78, 5) is 3.28. The van der Waals surface area contributed by atoms with Crippen LogP contribution >= 0.6 is 11.3 Å². The van der Waals surface area contributed by atoms with Gasteiger partial charge >= 0.3 is 0 Å². The van der Waals surface area contributed by atoms with E-state index in [1.165, 1.54) is 11.3 Å². The standard InChI is InChI=1S/C20H19NO2S2/c1-21(2)17-11-8-16(9-12-17)10-13-18-14-15-20(24-18)25(22,23)19-6-4-3-5-7-19/h3-15H,1-2H3/b13-10+. The van der Waals surface area contributed by atoms with Crippen LogP contribution < -0.4 is 4.90 Å². The van der Waals surface area contributed by atoms with E-state index in [9.17, 15) is 8.42 Å². The Kier molecular flexibility index (Phi) is 5.06. The summed E-state index contributed by atoms with van der Waals surface area (Å²) in [6.07, 6.45) is 3.93. The smallest absolute Gasteiger partial charge is 0.215 e. The van der Waals surface area contributed by atoms with Gasteiger partial charge in [0.05, 0.1) is 4.90 Å². The highest BCUT2D eigenvalue weighted by Crippen LogP contribution is 2.28. The molecule has 5 heteroatoms. The molecule has 0 aliphatic rings. The second kappa shape index (κ2) is 7.25. The van der Waals surface area contributed by atoms with Crippen molar-refractivity contribution in [1.82, 2.24) is 0 Å². The molecule has 0 fully saturated rings. The first-order valence-corrected chi connectivity index (χ1v) is 10.1. The van der Waals surface area contributed by atoms with Gasteiger partial charge in [-0.2, -0.15) is 0 Å². The molecule has 25 heavy (non-hydrogen) atoms. The van der Waals surface area contributed by atoms with Crippen molar-refractivity contribution in [2.45, 2.75) is 9.10 Å². The minimum atomic E-state index is -3.44. The predicted molar refractivity (Wildman–Crippen MR) is 106 cm³/mol. The van der Waals surface area contributed by atoms with E-state index in [2.05, 4.69) is 12.1 Å². The minimum Gasteiger partial charge on any atom is -0.378 e. The Morgan fingerprint density at radius 2 is 1.52 bits per heavy atom. The van der Waals surface area contributed by atoms with Crippen molar-refractivity contribution < 1.29 is 8.42 Å². The number of sulfone groups is 1. The maximum atomic E-state index is 12.6. The number of thiophene rings is 1. The first-order valence-electron chi connectivity index (χ1n) is 7.82. The highest BCUT2D eigenvalue weighted by molar-refractivity contribution is 7.93. The van der Waals surface area contributed by atoms with Gasteiger partial charge in [0.15, 0.2) is 0 Å². The fourth-order valence-electron chi connectivity index (χ4n) is 2.35. The van der Waals surface area contributed by atoms with Gasteiger partial charge in [-0.15, -0.1) is 11.3 Å². The average Bonchev–Trinajstić information content (AvgIpc) is 3.11. The van der Waals surface area contributed by atoms with Gasteiger partial charge in [-0.25, -0.2) is 8.42 Å². The SMILES string of the molecule is CN(C)c1ccc(/C=C/c2ccc(S(=O)(=O)c3ccccc3)s2)cc1. The zero-order valence-corrected chi connectivity index (χ0v) is 15.7. The molecule has 3 rings (SSSR count). The van der Waals surface area contributed by atoms with Crippen molar-refractivity contribution >= 4 is 39.0 Å². The van der Waals surface area contributed by atoms with E-state index in [4.69, 9.17) is 0 Å². The fourth-order valence-corrected chi connectivity index (χ4v) is 5.00. The highest BCUT2D eigenvalue weighted by Gasteiger charge is 2.18. The molecular weight excluding hydrogens is 350 g/mol. The number of anilines is 1. The van der Waals surface area contributed by atoms with Crippen LogP contribution in [0.4, 0.5) is 5.69 Å². The number of nitrogens with zero attached hydrogens (tertiary/aromatic N) is 1. The third kappa shape index (κ3) is 4.00. The minimum absolute atomic E-state index is 0.326. The van der Waals surface area contributed by atoms with Crippen LogP contribution in [0.5, 0.6) is 0 Å². The molecule has 0 saturated carbocycles. The Hall–Kier alpha value is -2.37. The summed E-state index contributed by atoms with van der Waals surface area (Å²) >= 11 is 1.28. The summed E-state index contributed by atoms with van der Waals surface area (Å²) < 4.78 is 25.6. The molecule has 2 aromatic carbocycles. The van der Waals surface area contributed by atoms with Crippen LogP contribution in [0.2, 0.25) is 0 Å². The maximum Gasteiger partial charge on any atom is 0.215 e. The zero-order valence-electron chi connectivity index (χ0n) is 14.1. The molecule has 3 aromatic rings. The molecule has 0 atom stereocenters. The molecule has 0 aliphatic carbocycles. The number of benzene rings is 2. The predicted octanol–water partition coefficient (Wildman–Crippen LogP) is 4.82. The summed E-state index contributed by atoms with van der Waals surface area (Å²) in [5.74, 6) is 0. The van der Waals surface area contributed by atoms with Crippen molar-refractivity contribution in [3.05, 3.63) is 77.2 Å². The summed E-state index contributed by atoms with van der Waals surface area (Å²) in [5.41, 5.74) is 2.22. The molecule has 0 saturated heterocycles. The summed E-state index contributed by atoms with van der Waals surface area (Å²) in [6.45, 7) is 0. The van der Waals surface area contributed by atoms with Gasteiger partial charge in [-0.1, -0.05) is 36.4 Å². The molecular formula is C20H19NO2S2. The van der Waals surface area contributed by atoms with Crippen molar-refractivity contribution in [2.24, 2.45) is 0 Å². The van der Waals surface area contributed by atoms with Gasteiger partial charge in [-0.3, -0.25) is 0 Å². The van der Waals surface area contributed by atoms with Crippen molar-refractivity contribution in [3.63, 3.8) is 0 Å². The van der Waals surface area contributed by atoms with Crippen molar-refractivity contribution in [3.8, 4) is 0 Å². The Balaban J connectivity index is 1.80. The van der Waals surface area contributed by atoms with E-state index in [-0.39, 0.29) is 0 Å². The fraction of sp³-hybridized carbons (Fsp3) is 0.100. The van der Waals surface area contributed by atoms with Crippen LogP contribution in [-0.2, 0) is 9.84 Å². The molecule has 0 radical (unpaired) electrons. The maximum absolute atomic E-state index is 12.6. The molecule has 0 spiro atoms. The third-order valence-electron chi connectivity index (χ3n) is 3.77. The summed E-state index contributed by atoms with van der Waals surface area (Å²) in [5, 5.41) is 0. The van der Waals surface area contributed by atoms with E-state index >= 15 is 0 Å². The Morgan fingerprint density at radius 3 is 2.16 bits per heavy atom. The number of hydrogen-bond donors (Lipinski definition) is 0. The number of rotatable bonds is 5. The lowest BCUT2D eigenvalue weighted by Crippen LogP contribution is -2.07. The lowest BCUT2D eigenvalue weighted by Gasteiger charge is -2.11. The van der Waals surface area contributed by atoms with Gasteiger partial charge in [-0.05, 0) is 48.0 Å². The van der Waals surface area contributed by atoms with E-state index in [1.807, 2.05) is 55.4 Å². The second-order valence-corrected chi connectivity index (χ2v) is 9.08. The number of hydrogen-bond acceptors (Lipinski definition) is 4. The molecule has 1 aromatic heterocycles. The average molecular weight is 370 g/mol. The van der Waals surface area contributed by atoms with E-state index in [0.717, 1.165) is 16.1 Å². The molecule has 128 valence electrons. The molecule has 1 heterocycles. The van der Waals surface area contributed by atoms with Crippen LogP contribution in [0, 0.1) is 0 Å². The molecule has 3 nitrogen and oxygen atoms in total. The highest BCUT2D eigenvalue weighted by atomic mass is 32.2.